The van der Waals surface area contributed by atoms with Gasteiger partial charge in [0.05, 0.1) is 29.9 Å². The molecule has 5 atom stereocenters. The molecular weight excluding hydrogens is 611 g/mol. The number of hydrogen-bond acceptors (Lipinski definition) is 4. The second-order valence-electron chi connectivity index (χ2n) is 14.7. The van der Waals surface area contributed by atoms with Gasteiger partial charge in [-0.2, -0.15) is 0 Å². The number of aromatic nitrogens is 1. The Bertz CT molecular complexity index is 2360. The number of allylic oxidation sites excluding steroid dienone is 8. The highest BCUT2D eigenvalue weighted by Gasteiger charge is 2.37. The van der Waals surface area contributed by atoms with Crippen LogP contribution < -0.4 is 21.3 Å². The van der Waals surface area contributed by atoms with Crippen molar-refractivity contribution in [2.24, 2.45) is 11.8 Å². The van der Waals surface area contributed by atoms with Gasteiger partial charge in [-0.1, -0.05) is 129 Å². The van der Waals surface area contributed by atoms with E-state index >= 15 is 0 Å². The minimum absolute atomic E-state index is 0.0112. The van der Waals surface area contributed by atoms with Gasteiger partial charge in [0, 0.05) is 39.4 Å². The van der Waals surface area contributed by atoms with Crippen LogP contribution in [0.5, 0.6) is 0 Å². The highest BCUT2D eigenvalue weighted by Crippen LogP contribution is 2.51. The van der Waals surface area contributed by atoms with E-state index in [-0.39, 0.29) is 23.9 Å². The molecule has 246 valence electrons. The largest absolute Gasteiger partial charge is 0.380 e. The quantitative estimate of drug-likeness (QED) is 0.158. The topological polar surface area (TPSA) is 53.1 Å². The zero-order valence-electron chi connectivity index (χ0n) is 28.4. The van der Waals surface area contributed by atoms with Gasteiger partial charge in [0.2, 0.25) is 0 Å². The van der Waals surface area contributed by atoms with E-state index in [0.717, 1.165) is 12.2 Å². The summed E-state index contributed by atoms with van der Waals surface area (Å²) in [6.45, 7) is 5.45. The van der Waals surface area contributed by atoms with E-state index in [9.17, 15) is 0 Å². The fraction of sp³-hybridized carbons (Fsp3) is 0.200. The first kappa shape index (κ1) is 29.7. The van der Waals surface area contributed by atoms with Gasteiger partial charge in [0.15, 0.2) is 0 Å². The minimum Gasteiger partial charge on any atom is -0.380 e. The van der Waals surface area contributed by atoms with Gasteiger partial charge in [-0.3, -0.25) is 16.0 Å². The van der Waals surface area contributed by atoms with Crippen molar-refractivity contribution in [1.82, 2.24) is 25.8 Å². The third-order valence-corrected chi connectivity index (χ3v) is 11.5. The Balaban J connectivity index is 1.03. The predicted molar refractivity (Wildman–Crippen MR) is 206 cm³/mol. The van der Waals surface area contributed by atoms with Crippen LogP contribution in [0.1, 0.15) is 36.7 Å². The van der Waals surface area contributed by atoms with Crippen LogP contribution in [0.4, 0.5) is 0 Å². The highest BCUT2D eigenvalue weighted by atomic mass is 15.4. The number of nitrogens with one attached hydrogen (secondary N) is 4. The van der Waals surface area contributed by atoms with Crippen LogP contribution >= 0.6 is 0 Å². The molecule has 1 saturated heterocycles. The van der Waals surface area contributed by atoms with Crippen molar-refractivity contribution >= 4 is 27.5 Å². The smallest absolute Gasteiger partial charge is 0.101 e. The van der Waals surface area contributed by atoms with E-state index in [4.69, 9.17) is 0 Å². The van der Waals surface area contributed by atoms with Gasteiger partial charge < -0.3 is 9.88 Å². The number of rotatable bonds is 4. The number of dihydropyridines is 1. The van der Waals surface area contributed by atoms with Gasteiger partial charge in [-0.15, -0.1) is 0 Å². The van der Waals surface area contributed by atoms with Crippen molar-refractivity contribution < 1.29 is 0 Å². The highest BCUT2D eigenvalue weighted by molar-refractivity contribution is 6.12. The zero-order valence-corrected chi connectivity index (χ0v) is 28.4. The predicted octanol–water partition coefficient (Wildman–Crippen LogP) is 8.42. The average Bonchev–Trinajstić information content (AvgIpc) is 3.62. The summed E-state index contributed by atoms with van der Waals surface area (Å²) in [6, 6.07) is 33.4. The molecule has 3 aliphatic carbocycles. The van der Waals surface area contributed by atoms with Crippen molar-refractivity contribution in [1.29, 1.82) is 0 Å². The van der Waals surface area contributed by atoms with Crippen molar-refractivity contribution in [2.45, 2.75) is 37.8 Å². The fourth-order valence-corrected chi connectivity index (χ4v) is 8.87. The summed E-state index contributed by atoms with van der Waals surface area (Å²) in [7, 11) is 0. The first-order chi connectivity index (χ1) is 24.5. The van der Waals surface area contributed by atoms with Crippen molar-refractivity contribution in [3.05, 3.63) is 174 Å². The van der Waals surface area contributed by atoms with Gasteiger partial charge in [0.25, 0.3) is 0 Å². The van der Waals surface area contributed by atoms with E-state index in [2.05, 4.69) is 185 Å². The van der Waals surface area contributed by atoms with Crippen molar-refractivity contribution in [3.63, 3.8) is 0 Å². The molecule has 50 heavy (non-hydrogen) atoms. The first-order valence-electron chi connectivity index (χ1n) is 17.9. The molecule has 0 amide bonds. The molecule has 1 fully saturated rings. The van der Waals surface area contributed by atoms with Crippen molar-refractivity contribution in [3.8, 4) is 11.1 Å². The molecule has 5 aromatic rings. The SMILES string of the molecule is CC1(C)c2ccccc2-c2cc3c4ccccc4n(C4=CC=C(C5NC(C6=CC7C=CC=CC7C=C6)NC(c6ccccc6)N5)NC4)c3cc21. The summed E-state index contributed by atoms with van der Waals surface area (Å²) >= 11 is 0. The Hall–Kier alpha value is -5.20. The molecule has 3 heterocycles. The van der Waals surface area contributed by atoms with E-state index in [1.54, 1.807) is 0 Å². The van der Waals surface area contributed by atoms with Gasteiger partial charge in [0.1, 0.15) is 6.17 Å². The van der Waals surface area contributed by atoms with E-state index < -0.39 is 0 Å². The number of fused-ring (bicyclic) bond motifs is 7. The molecule has 4 N–H and O–H groups in total. The molecule has 5 nitrogen and oxygen atoms in total. The molecule has 5 heteroatoms. The van der Waals surface area contributed by atoms with Crippen LogP contribution in [-0.4, -0.2) is 23.4 Å². The number of benzene rings is 4. The Morgan fingerprint density at radius 1 is 0.640 bits per heavy atom. The average molecular weight is 652 g/mol. The number of hydrogen-bond donors (Lipinski definition) is 4. The summed E-state index contributed by atoms with van der Waals surface area (Å²) < 4.78 is 2.48. The second-order valence-corrected chi connectivity index (χ2v) is 14.7. The Labute approximate surface area is 293 Å². The second kappa shape index (κ2) is 11.4. The number of nitrogens with zero attached hydrogens (tertiary/aromatic N) is 1. The maximum Gasteiger partial charge on any atom is 0.101 e. The standard InChI is InChI=1S/C45H41N5/c1-45(2)37-18-10-8-16-33(37)35-25-36-34-17-9-11-19-40(34)50(41(36)26-38(35)45)32-22-23-39(46-27-32)44-48-42(29-13-4-3-5-14-29)47-43(49-44)31-21-20-28-12-6-7-15-30(28)24-31/h3-26,28,30,42-44,46-49H,27H2,1-2H3. The molecule has 0 radical (unpaired) electrons. The molecule has 2 aliphatic heterocycles. The molecular formula is C45H41N5. The Kier molecular flexibility index (Phi) is 6.79. The molecule has 0 saturated carbocycles. The van der Waals surface area contributed by atoms with E-state index in [1.165, 1.54) is 60.9 Å². The monoisotopic (exact) mass is 651 g/mol. The van der Waals surface area contributed by atoms with Crippen LogP contribution in [0.25, 0.3) is 38.6 Å². The lowest BCUT2D eigenvalue weighted by Crippen LogP contribution is -2.65. The van der Waals surface area contributed by atoms with Gasteiger partial charge >= 0.3 is 0 Å². The Morgan fingerprint density at radius 2 is 1.40 bits per heavy atom. The Morgan fingerprint density at radius 3 is 2.26 bits per heavy atom. The van der Waals surface area contributed by atoms with Crippen LogP contribution in [0, 0.1) is 11.8 Å². The summed E-state index contributed by atoms with van der Waals surface area (Å²) in [5.74, 6) is 0.817. The molecule has 5 unspecified atom stereocenters. The molecule has 0 spiro atoms. The lowest BCUT2D eigenvalue weighted by molar-refractivity contribution is 0.237. The fourth-order valence-electron chi connectivity index (χ4n) is 8.87. The van der Waals surface area contributed by atoms with Crippen LogP contribution in [0.2, 0.25) is 0 Å². The lowest BCUT2D eigenvalue weighted by atomic mass is 9.82. The zero-order chi connectivity index (χ0) is 33.4. The summed E-state index contributed by atoms with van der Waals surface area (Å²) in [6.07, 6.45) is 20.4. The molecule has 4 aromatic carbocycles. The minimum atomic E-state index is -0.0706. The van der Waals surface area contributed by atoms with Gasteiger partial charge in [-0.05, 0) is 63.7 Å². The van der Waals surface area contributed by atoms with E-state index in [1.807, 2.05) is 0 Å². The third kappa shape index (κ3) is 4.65. The maximum absolute atomic E-state index is 3.89. The molecule has 10 rings (SSSR count). The van der Waals surface area contributed by atoms with Crippen molar-refractivity contribution in [2.75, 3.05) is 6.54 Å². The van der Waals surface area contributed by atoms with Crippen LogP contribution in [-0.2, 0) is 5.41 Å². The first-order valence-corrected chi connectivity index (χ1v) is 17.9. The normalized spacial score (nSPS) is 26.1. The molecule has 1 aromatic heterocycles. The maximum atomic E-state index is 3.89. The summed E-state index contributed by atoms with van der Waals surface area (Å²) in [5, 5.41) is 18.0. The summed E-state index contributed by atoms with van der Waals surface area (Å²) in [4.78, 5) is 0. The molecule has 0 bridgehead atoms. The lowest BCUT2D eigenvalue weighted by Gasteiger charge is -2.42. The molecule has 5 aliphatic rings. The van der Waals surface area contributed by atoms with Crippen LogP contribution in [0.15, 0.2) is 157 Å². The van der Waals surface area contributed by atoms with Gasteiger partial charge in [-0.25, -0.2) is 0 Å². The third-order valence-electron chi connectivity index (χ3n) is 11.5. The van der Waals surface area contributed by atoms with Crippen LogP contribution in [0.3, 0.4) is 0 Å². The van der Waals surface area contributed by atoms with E-state index in [0.29, 0.717) is 11.8 Å². The number of para-hydroxylation sites is 1. The summed E-state index contributed by atoms with van der Waals surface area (Å²) in [5.41, 5.74) is 12.8.